The number of benzene rings is 1. The molecule has 0 bridgehead atoms. The Kier molecular flexibility index (Phi) is 5.32. The molecule has 6 nitrogen and oxygen atoms in total. The summed E-state index contributed by atoms with van der Waals surface area (Å²) in [5.41, 5.74) is 6.33. The van der Waals surface area contributed by atoms with Gasteiger partial charge < -0.3 is 25.3 Å². The van der Waals surface area contributed by atoms with Crippen LogP contribution in [-0.2, 0) is 9.53 Å². The molecular formula is C17H23BrN2O4. The van der Waals surface area contributed by atoms with Crippen LogP contribution in [0.1, 0.15) is 31.4 Å². The molecule has 24 heavy (non-hydrogen) atoms. The summed E-state index contributed by atoms with van der Waals surface area (Å²) in [6.07, 6.45) is 1.31. The van der Waals surface area contributed by atoms with Gasteiger partial charge in [0.15, 0.2) is 11.5 Å². The molecule has 0 saturated carbocycles. The van der Waals surface area contributed by atoms with Crippen molar-refractivity contribution in [3.05, 3.63) is 22.2 Å². The second-order valence-electron chi connectivity index (χ2n) is 6.31. The third-order valence-corrected chi connectivity index (χ3v) is 5.48. The van der Waals surface area contributed by atoms with E-state index in [2.05, 4.69) is 21.2 Å². The minimum Gasteiger partial charge on any atom is -0.486 e. The number of carbonyl (C=O) groups is 1. The number of rotatable bonds is 4. The lowest BCUT2D eigenvalue weighted by Crippen LogP contribution is -2.49. The van der Waals surface area contributed by atoms with Gasteiger partial charge in [0.25, 0.3) is 0 Å². The van der Waals surface area contributed by atoms with Crippen LogP contribution in [0.15, 0.2) is 16.6 Å². The summed E-state index contributed by atoms with van der Waals surface area (Å²) >= 11 is 3.56. The Bertz CT molecular complexity index is 617. The van der Waals surface area contributed by atoms with Gasteiger partial charge in [0.1, 0.15) is 13.2 Å². The molecule has 1 aromatic rings. The van der Waals surface area contributed by atoms with Gasteiger partial charge in [-0.15, -0.1) is 0 Å². The molecule has 132 valence electrons. The Morgan fingerprint density at radius 1 is 1.25 bits per heavy atom. The van der Waals surface area contributed by atoms with E-state index in [1.807, 2.05) is 19.1 Å². The van der Waals surface area contributed by atoms with Gasteiger partial charge in [-0.05, 0) is 37.5 Å². The van der Waals surface area contributed by atoms with Crippen LogP contribution >= 0.6 is 15.9 Å². The van der Waals surface area contributed by atoms with Crippen LogP contribution in [0.25, 0.3) is 0 Å². The maximum Gasteiger partial charge on any atom is 0.228 e. The minimum absolute atomic E-state index is 0.0115. The van der Waals surface area contributed by atoms with Crippen LogP contribution in [0.2, 0.25) is 0 Å². The van der Waals surface area contributed by atoms with Crippen molar-refractivity contribution in [2.24, 2.45) is 11.1 Å². The lowest BCUT2D eigenvalue weighted by atomic mass is 9.79. The fourth-order valence-electron chi connectivity index (χ4n) is 3.13. The highest BCUT2D eigenvalue weighted by molar-refractivity contribution is 9.10. The Morgan fingerprint density at radius 3 is 2.50 bits per heavy atom. The first-order chi connectivity index (χ1) is 11.6. The highest BCUT2D eigenvalue weighted by Gasteiger charge is 2.39. The second kappa shape index (κ2) is 7.29. The topological polar surface area (TPSA) is 82.8 Å². The number of carbonyl (C=O) groups excluding carboxylic acids is 1. The molecule has 2 aliphatic heterocycles. The maximum atomic E-state index is 12.8. The number of nitrogens with two attached hydrogens (primary N) is 1. The number of halogens is 1. The molecule has 3 N–H and O–H groups in total. The van der Waals surface area contributed by atoms with Crippen molar-refractivity contribution in [2.45, 2.75) is 25.8 Å². The highest BCUT2D eigenvalue weighted by atomic mass is 79.9. The molecule has 1 aromatic carbocycles. The third-order valence-electron chi connectivity index (χ3n) is 4.80. The van der Waals surface area contributed by atoms with E-state index in [1.54, 1.807) is 0 Å². The van der Waals surface area contributed by atoms with E-state index in [4.69, 9.17) is 19.9 Å². The van der Waals surface area contributed by atoms with Crippen molar-refractivity contribution in [1.82, 2.24) is 5.32 Å². The highest BCUT2D eigenvalue weighted by Crippen LogP contribution is 2.38. The molecule has 0 aliphatic carbocycles. The van der Waals surface area contributed by atoms with E-state index in [-0.39, 0.29) is 11.9 Å². The zero-order valence-electron chi connectivity index (χ0n) is 13.8. The van der Waals surface area contributed by atoms with Crippen LogP contribution in [0.3, 0.4) is 0 Å². The summed E-state index contributed by atoms with van der Waals surface area (Å²) in [7, 11) is 0. The van der Waals surface area contributed by atoms with Crippen LogP contribution in [0.4, 0.5) is 0 Å². The van der Waals surface area contributed by atoms with Crippen molar-refractivity contribution in [3.8, 4) is 11.5 Å². The predicted octanol–water partition coefficient (Wildman–Crippen LogP) is 2.15. The van der Waals surface area contributed by atoms with Gasteiger partial charge in [0, 0.05) is 24.2 Å². The zero-order valence-corrected chi connectivity index (χ0v) is 15.4. The first kappa shape index (κ1) is 17.5. The largest absolute Gasteiger partial charge is 0.486 e. The number of hydrogen-bond donors (Lipinski definition) is 2. The fraction of sp³-hybridized carbons (Fsp3) is 0.588. The van der Waals surface area contributed by atoms with Crippen LogP contribution in [0, 0.1) is 5.41 Å². The lowest BCUT2D eigenvalue weighted by molar-refractivity contribution is -0.136. The molecule has 0 spiro atoms. The van der Waals surface area contributed by atoms with E-state index in [9.17, 15) is 4.79 Å². The summed E-state index contributed by atoms with van der Waals surface area (Å²) in [5, 5.41) is 3.10. The van der Waals surface area contributed by atoms with Crippen molar-refractivity contribution in [1.29, 1.82) is 0 Å². The fourth-order valence-corrected chi connectivity index (χ4v) is 3.79. The number of ether oxygens (including phenoxy) is 3. The first-order valence-electron chi connectivity index (χ1n) is 8.23. The summed E-state index contributed by atoms with van der Waals surface area (Å²) in [5.74, 6) is 1.42. The Morgan fingerprint density at radius 2 is 1.88 bits per heavy atom. The van der Waals surface area contributed by atoms with Gasteiger partial charge in [0.2, 0.25) is 5.91 Å². The van der Waals surface area contributed by atoms with Crippen molar-refractivity contribution in [2.75, 3.05) is 33.0 Å². The van der Waals surface area contributed by atoms with Crippen molar-refractivity contribution in [3.63, 3.8) is 0 Å². The predicted molar refractivity (Wildman–Crippen MR) is 93.2 cm³/mol. The number of hydrogen-bond acceptors (Lipinski definition) is 5. The van der Waals surface area contributed by atoms with Crippen molar-refractivity contribution >= 4 is 21.8 Å². The van der Waals surface area contributed by atoms with E-state index < -0.39 is 5.41 Å². The molecule has 0 radical (unpaired) electrons. The molecule has 7 heteroatoms. The van der Waals surface area contributed by atoms with Gasteiger partial charge in [-0.25, -0.2) is 0 Å². The molecule has 3 rings (SSSR count). The molecule has 2 heterocycles. The van der Waals surface area contributed by atoms with Crippen LogP contribution in [-0.4, -0.2) is 38.9 Å². The van der Waals surface area contributed by atoms with Crippen LogP contribution < -0.4 is 20.5 Å². The number of fused-ring (bicyclic) bond motifs is 1. The standard InChI is InChI=1S/C17H23BrN2O4/c1-11(20-16(21)17(10-19)2-4-22-5-3-17)12-8-14-15(9-13(12)18)24-7-6-23-14/h8-9,11H,2-7,10,19H2,1H3,(H,20,21). The molecule has 1 saturated heterocycles. The lowest BCUT2D eigenvalue weighted by Gasteiger charge is -2.35. The smallest absolute Gasteiger partial charge is 0.228 e. The quantitative estimate of drug-likeness (QED) is 0.811. The number of nitrogens with one attached hydrogen (secondary N) is 1. The SMILES string of the molecule is CC(NC(=O)C1(CN)CCOCC1)c1cc2c(cc1Br)OCCO2. The van der Waals surface area contributed by atoms with Gasteiger partial charge in [-0.2, -0.15) is 0 Å². The Balaban J connectivity index is 1.76. The maximum absolute atomic E-state index is 12.8. The normalized spacial score (nSPS) is 20.3. The molecule has 1 atom stereocenters. The van der Waals surface area contributed by atoms with Gasteiger partial charge >= 0.3 is 0 Å². The Labute approximate surface area is 150 Å². The monoisotopic (exact) mass is 398 g/mol. The average Bonchev–Trinajstić information content (AvgIpc) is 2.61. The average molecular weight is 399 g/mol. The molecule has 1 unspecified atom stereocenters. The second-order valence-corrected chi connectivity index (χ2v) is 7.16. The van der Waals surface area contributed by atoms with Crippen LogP contribution in [0.5, 0.6) is 11.5 Å². The number of amides is 1. The zero-order chi connectivity index (χ0) is 17.2. The summed E-state index contributed by atoms with van der Waals surface area (Å²) < 4.78 is 17.5. The van der Waals surface area contributed by atoms with E-state index in [1.165, 1.54) is 0 Å². The Hall–Kier alpha value is -1.31. The molecule has 1 fully saturated rings. The third kappa shape index (κ3) is 3.38. The summed E-state index contributed by atoms with van der Waals surface area (Å²) in [6, 6.07) is 3.64. The first-order valence-corrected chi connectivity index (χ1v) is 9.03. The molecule has 1 amide bonds. The minimum atomic E-state index is -0.535. The summed E-state index contributed by atoms with van der Waals surface area (Å²) in [6.45, 7) is 4.52. The van der Waals surface area contributed by atoms with Gasteiger partial charge in [-0.3, -0.25) is 4.79 Å². The molecule has 2 aliphatic rings. The van der Waals surface area contributed by atoms with E-state index in [0.717, 1.165) is 15.8 Å². The van der Waals surface area contributed by atoms with Gasteiger partial charge in [0.05, 0.1) is 11.5 Å². The van der Waals surface area contributed by atoms with Crippen molar-refractivity contribution < 1.29 is 19.0 Å². The molecular weight excluding hydrogens is 376 g/mol. The van der Waals surface area contributed by atoms with Gasteiger partial charge in [-0.1, -0.05) is 15.9 Å². The molecule has 0 aromatic heterocycles. The summed E-state index contributed by atoms with van der Waals surface area (Å²) in [4.78, 5) is 12.8. The van der Waals surface area contributed by atoms with E-state index in [0.29, 0.717) is 51.6 Å². The van der Waals surface area contributed by atoms with E-state index >= 15 is 0 Å².